The van der Waals surface area contributed by atoms with E-state index < -0.39 is 6.17 Å². The van der Waals surface area contributed by atoms with Gasteiger partial charge in [0.15, 0.2) is 0 Å². The Hall–Kier alpha value is -0.840. The molecule has 0 aliphatic rings. The minimum absolute atomic E-state index is 0.0325. The SMILES string of the molecule is CC(C)NCCOCCOCCOCCOCCOCC(F)CNC(=O)C(C)C. The van der Waals surface area contributed by atoms with Crippen LogP contribution in [0.3, 0.4) is 0 Å². The third-order valence-electron chi connectivity index (χ3n) is 3.61. The molecule has 0 aromatic heterocycles. The summed E-state index contributed by atoms with van der Waals surface area (Å²) in [5.41, 5.74) is 0. The fourth-order valence-electron chi connectivity index (χ4n) is 1.99. The van der Waals surface area contributed by atoms with Crippen LogP contribution in [0.5, 0.6) is 0 Å². The van der Waals surface area contributed by atoms with Crippen molar-refractivity contribution in [3.8, 4) is 0 Å². The van der Waals surface area contributed by atoms with E-state index in [9.17, 15) is 9.18 Å². The number of carbonyl (C=O) groups excluding carboxylic acids is 1. The number of nitrogens with one attached hydrogen (secondary N) is 2. The maximum atomic E-state index is 13.5. The normalized spacial score (nSPS) is 12.7. The average molecular weight is 425 g/mol. The molecule has 1 unspecified atom stereocenters. The molecule has 8 nitrogen and oxygen atoms in total. The summed E-state index contributed by atoms with van der Waals surface area (Å²) in [6, 6.07) is 0.473. The van der Waals surface area contributed by atoms with Crippen LogP contribution in [-0.4, -0.2) is 97.3 Å². The third-order valence-corrected chi connectivity index (χ3v) is 3.61. The zero-order valence-electron chi connectivity index (χ0n) is 18.5. The van der Waals surface area contributed by atoms with E-state index in [1.54, 1.807) is 13.8 Å². The van der Waals surface area contributed by atoms with Crippen molar-refractivity contribution < 1.29 is 32.9 Å². The summed E-state index contributed by atoms with van der Waals surface area (Å²) in [6.07, 6.45) is -1.22. The van der Waals surface area contributed by atoms with E-state index in [1.165, 1.54) is 0 Å². The molecule has 0 aliphatic carbocycles. The largest absolute Gasteiger partial charge is 0.378 e. The van der Waals surface area contributed by atoms with Crippen LogP contribution in [0.15, 0.2) is 0 Å². The number of hydrogen-bond donors (Lipinski definition) is 2. The second-order valence-corrected chi connectivity index (χ2v) is 7.13. The van der Waals surface area contributed by atoms with E-state index in [1.807, 2.05) is 0 Å². The summed E-state index contributed by atoms with van der Waals surface area (Å²) in [5.74, 6) is -0.314. The molecule has 0 aromatic rings. The summed E-state index contributed by atoms with van der Waals surface area (Å²) in [5, 5.41) is 5.80. The van der Waals surface area contributed by atoms with Gasteiger partial charge in [-0.1, -0.05) is 27.7 Å². The first-order valence-electron chi connectivity index (χ1n) is 10.5. The molecule has 0 radical (unpaired) electrons. The highest BCUT2D eigenvalue weighted by molar-refractivity contribution is 5.77. The highest BCUT2D eigenvalue weighted by atomic mass is 19.1. The van der Waals surface area contributed by atoms with Crippen molar-refractivity contribution in [2.45, 2.75) is 39.9 Å². The standard InChI is InChI=1S/C20H41FN2O6/c1-17(2)20(24)23-15-19(21)16-29-14-13-28-12-11-27-10-9-26-8-7-25-6-5-22-18(3)4/h17-19,22H,5-16H2,1-4H3,(H,23,24). The Kier molecular flexibility index (Phi) is 19.8. The Labute approximate surface area is 175 Å². The Morgan fingerprint density at radius 2 is 1.21 bits per heavy atom. The van der Waals surface area contributed by atoms with E-state index in [2.05, 4.69) is 24.5 Å². The fraction of sp³-hybridized carbons (Fsp3) is 0.950. The summed E-state index contributed by atoms with van der Waals surface area (Å²) >= 11 is 0. The molecule has 0 rings (SSSR count). The molecule has 0 saturated heterocycles. The van der Waals surface area contributed by atoms with Crippen LogP contribution >= 0.6 is 0 Å². The molecule has 0 fully saturated rings. The quantitative estimate of drug-likeness (QED) is 0.268. The zero-order chi connectivity index (χ0) is 21.7. The van der Waals surface area contributed by atoms with E-state index in [-0.39, 0.29) is 25.0 Å². The highest BCUT2D eigenvalue weighted by Crippen LogP contribution is 1.94. The van der Waals surface area contributed by atoms with Gasteiger partial charge in [-0.05, 0) is 0 Å². The van der Waals surface area contributed by atoms with Crippen molar-refractivity contribution in [1.29, 1.82) is 0 Å². The van der Waals surface area contributed by atoms with Gasteiger partial charge in [-0.2, -0.15) is 0 Å². The van der Waals surface area contributed by atoms with Crippen molar-refractivity contribution in [2.75, 3.05) is 79.2 Å². The van der Waals surface area contributed by atoms with Gasteiger partial charge in [-0.15, -0.1) is 0 Å². The Bertz CT molecular complexity index is 375. The molecule has 1 atom stereocenters. The third kappa shape index (κ3) is 21.7. The van der Waals surface area contributed by atoms with Gasteiger partial charge in [-0.3, -0.25) is 4.79 Å². The van der Waals surface area contributed by atoms with Gasteiger partial charge in [0.05, 0.1) is 72.6 Å². The minimum Gasteiger partial charge on any atom is -0.378 e. The van der Waals surface area contributed by atoms with Crippen molar-refractivity contribution in [3.63, 3.8) is 0 Å². The van der Waals surface area contributed by atoms with Gasteiger partial charge in [0, 0.05) is 18.5 Å². The van der Waals surface area contributed by atoms with Crippen molar-refractivity contribution in [1.82, 2.24) is 10.6 Å². The molecule has 0 heterocycles. The zero-order valence-corrected chi connectivity index (χ0v) is 18.5. The van der Waals surface area contributed by atoms with Crippen LogP contribution < -0.4 is 10.6 Å². The second kappa shape index (κ2) is 20.4. The Morgan fingerprint density at radius 1 is 0.759 bits per heavy atom. The van der Waals surface area contributed by atoms with Crippen molar-refractivity contribution in [2.24, 2.45) is 5.92 Å². The summed E-state index contributed by atoms with van der Waals surface area (Å²) in [4.78, 5) is 11.3. The highest BCUT2D eigenvalue weighted by Gasteiger charge is 2.11. The molecule has 2 N–H and O–H groups in total. The van der Waals surface area contributed by atoms with Gasteiger partial charge in [0.2, 0.25) is 5.91 Å². The topological polar surface area (TPSA) is 87.3 Å². The first kappa shape index (κ1) is 28.2. The van der Waals surface area contributed by atoms with Crippen LogP contribution in [0.2, 0.25) is 0 Å². The molecule has 0 aliphatic heterocycles. The van der Waals surface area contributed by atoms with Gasteiger partial charge in [0.25, 0.3) is 0 Å². The molecule has 0 saturated carbocycles. The van der Waals surface area contributed by atoms with Crippen LogP contribution in [-0.2, 0) is 28.5 Å². The molecular formula is C20H41FN2O6. The van der Waals surface area contributed by atoms with E-state index in [4.69, 9.17) is 23.7 Å². The molecule has 9 heteroatoms. The lowest BCUT2D eigenvalue weighted by Crippen LogP contribution is -2.35. The molecule has 0 bridgehead atoms. The predicted octanol–water partition coefficient (Wildman–Crippen LogP) is 1.18. The minimum atomic E-state index is -1.22. The summed E-state index contributed by atoms with van der Waals surface area (Å²) < 4.78 is 40.2. The van der Waals surface area contributed by atoms with Crippen LogP contribution in [0.4, 0.5) is 4.39 Å². The van der Waals surface area contributed by atoms with Crippen molar-refractivity contribution >= 4 is 5.91 Å². The molecular weight excluding hydrogens is 383 g/mol. The first-order chi connectivity index (χ1) is 13.9. The lowest BCUT2D eigenvalue weighted by atomic mass is 10.2. The lowest BCUT2D eigenvalue weighted by Gasteiger charge is -2.12. The van der Waals surface area contributed by atoms with Gasteiger partial charge in [0.1, 0.15) is 6.17 Å². The van der Waals surface area contributed by atoms with Gasteiger partial charge >= 0.3 is 0 Å². The van der Waals surface area contributed by atoms with Crippen molar-refractivity contribution in [3.05, 3.63) is 0 Å². The van der Waals surface area contributed by atoms with E-state index in [0.717, 1.165) is 6.54 Å². The number of ether oxygens (including phenoxy) is 5. The molecule has 0 aromatic carbocycles. The average Bonchev–Trinajstić information content (AvgIpc) is 2.68. The van der Waals surface area contributed by atoms with E-state index in [0.29, 0.717) is 65.5 Å². The monoisotopic (exact) mass is 424 g/mol. The Morgan fingerprint density at radius 3 is 1.66 bits per heavy atom. The van der Waals surface area contributed by atoms with Crippen LogP contribution in [0, 0.1) is 5.92 Å². The van der Waals surface area contributed by atoms with Gasteiger partial charge in [-0.25, -0.2) is 4.39 Å². The molecule has 29 heavy (non-hydrogen) atoms. The summed E-state index contributed by atoms with van der Waals surface area (Å²) in [7, 11) is 0. The fourth-order valence-corrected chi connectivity index (χ4v) is 1.99. The lowest BCUT2D eigenvalue weighted by molar-refractivity contribution is -0.124. The van der Waals surface area contributed by atoms with Crippen LogP contribution in [0.25, 0.3) is 0 Å². The maximum Gasteiger partial charge on any atom is 0.222 e. The predicted molar refractivity (Wildman–Crippen MR) is 110 cm³/mol. The van der Waals surface area contributed by atoms with Gasteiger partial charge < -0.3 is 34.3 Å². The Balaban J connectivity index is 3.17. The number of hydrogen-bond acceptors (Lipinski definition) is 7. The number of alkyl halides is 1. The first-order valence-corrected chi connectivity index (χ1v) is 10.5. The number of amides is 1. The number of carbonyl (C=O) groups is 1. The number of halogens is 1. The molecule has 0 spiro atoms. The van der Waals surface area contributed by atoms with Crippen LogP contribution in [0.1, 0.15) is 27.7 Å². The molecule has 1 amide bonds. The van der Waals surface area contributed by atoms with E-state index >= 15 is 0 Å². The summed E-state index contributed by atoms with van der Waals surface area (Å²) in [6.45, 7) is 12.9. The number of rotatable bonds is 21. The molecule has 174 valence electrons. The smallest absolute Gasteiger partial charge is 0.222 e. The maximum absolute atomic E-state index is 13.5. The second-order valence-electron chi connectivity index (χ2n) is 7.13.